The average molecular weight is 438 g/mol. The van der Waals surface area contributed by atoms with Gasteiger partial charge in [0.05, 0.1) is 17.8 Å². The van der Waals surface area contributed by atoms with Crippen molar-refractivity contribution in [2.45, 2.75) is 20.0 Å². The lowest BCUT2D eigenvalue weighted by Crippen LogP contribution is -2.04. The van der Waals surface area contributed by atoms with Gasteiger partial charge in [0, 0.05) is 29.4 Å². The highest BCUT2D eigenvalue weighted by Gasteiger charge is 2.16. The summed E-state index contributed by atoms with van der Waals surface area (Å²) in [7, 11) is 0. The molecule has 0 aliphatic carbocycles. The van der Waals surface area contributed by atoms with E-state index >= 15 is 0 Å². The maximum Gasteiger partial charge on any atom is 0.211 e. The molecular weight excluding hydrogens is 424 g/mol. The zero-order chi connectivity index (χ0) is 19.7. The Morgan fingerprint density at radius 3 is 2.82 bits per heavy atom. The molecule has 1 N–H and O–H groups in total. The Hall–Kier alpha value is -2.49. The fourth-order valence-electron chi connectivity index (χ4n) is 2.66. The molecule has 7 nitrogen and oxygen atoms in total. The SMILES string of the molecule is CCn1ncc(Cl)c1-c1nnc(Nc2ccn(Cc3c(F)cccc3Cl)n2)s1. The summed E-state index contributed by atoms with van der Waals surface area (Å²) in [6, 6.07) is 6.36. The maximum atomic E-state index is 13.9. The minimum atomic E-state index is -0.365. The van der Waals surface area contributed by atoms with Crippen molar-refractivity contribution in [2.24, 2.45) is 0 Å². The van der Waals surface area contributed by atoms with Crippen LogP contribution in [0, 0.1) is 5.82 Å². The molecule has 0 amide bonds. The monoisotopic (exact) mass is 437 g/mol. The Kier molecular flexibility index (Phi) is 5.29. The Bertz CT molecular complexity index is 1100. The fourth-order valence-corrected chi connectivity index (χ4v) is 3.98. The van der Waals surface area contributed by atoms with E-state index in [9.17, 15) is 4.39 Å². The highest BCUT2D eigenvalue weighted by atomic mass is 35.5. The second kappa shape index (κ2) is 7.86. The normalized spacial score (nSPS) is 11.1. The van der Waals surface area contributed by atoms with E-state index in [1.807, 2.05) is 6.92 Å². The topological polar surface area (TPSA) is 73.5 Å². The smallest absolute Gasteiger partial charge is 0.211 e. The van der Waals surface area contributed by atoms with Gasteiger partial charge >= 0.3 is 0 Å². The van der Waals surface area contributed by atoms with Gasteiger partial charge in [-0.25, -0.2) is 4.39 Å². The van der Waals surface area contributed by atoms with Crippen molar-refractivity contribution in [3.05, 3.63) is 58.1 Å². The molecule has 0 atom stereocenters. The number of benzene rings is 1. The predicted molar refractivity (Wildman–Crippen MR) is 108 cm³/mol. The van der Waals surface area contributed by atoms with Crippen LogP contribution in [0.4, 0.5) is 15.3 Å². The Labute approximate surface area is 173 Å². The molecular formula is C17H14Cl2FN7S. The van der Waals surface area contributed by atoms with Crippen molar-refractivity contribution >= 4 is 45.5 Å². The minimum Gasteiger partial charge on any atom is -0.313 e. The summed E-state index contributed by atoms with van der Waals surface area (Å²) in [4.78, 5) is 0. The third-order valence-electron chi connectivity index (χ3n) is 3.98. The van der Waals surface area contributed by atoms with Crippen LogP contribution in [0.3, 0.4) is 0 Å². The van der Waals surface area contributed by atoms with Crippen molar-refractivity contribution in [1.29, 1.82) is 0 Å². The van der Waals surface area contributed by atoms with Gasteiger partial charge < -0.3 is 5.32 Å². The van der Waals surface area contributed by atoms with Gasteiger partial charge in [-0.3, -0.25) is 9.36 Å². The third-order valence-corrected chi connectivity index (χ3v) is 5.46. The Morgan fingerprint density at radius 2 is 2.04 bits per heavy atom. The number of halogens is 3. The number of hydrogen-bond acceptors (Lipinski definition) is 6. The lowest BCUT2D eigenvalue weighted by Gasteiger charge is -2.05. The molecule has 11 heteroatoms. The van der Waals surface area contributed by atoms with E-state index in [2.05, 4.69) is 25.7 Å². The number of hydrogen-bond donors (Lipinski definition) is 1. The van der Waals surface area contributed by atoms with E-state index < -0.39 is 0 Å². The van der Waals surface area contributed by atoms with E-state index in [-0.39, 0.29) is 12.4 Å². The van der Waals surface area contributed by atoms with Crippen molar-refractivity contribution in [3.63, 3.8) is 0 Å². The van der Waals surface area contributed by atoms with Crippen molar-refractivity contribution in [3.8, 4) is 10.7 Å². The first-order valence-electron chi connectivity index (χ1n) is 8.33. The van der Waals surface area contributed by atoms with Crippen LogP contribution in [0.1, 0.15) is 12.5 Å². The van der Waals surface area contributed by atoms with Gasteiger partial charge in [0.15, 0.2) is 10.8 Å². The molecule has 0 bridgehead atoms. The first-order valence-corrected chi connectivity index (χ1v) is 9.91. The van der Waals surface area contributed by atoms with E-state index in [0.717, 1.165) is 5.69 Å². The van der Waals surface area contributed by atoms with Gasteiger partial charge in [0.1, 0.15) is 11.5 Å². The number of nitrogens with zero attached hydrogens (tertiary/aromatic N) is 6. The minimum absolute atomic E-state index is 0.222. The molecule has 0 unspecified atom stereocenters. The van der Waals surface area contributed by atoms with Gasteiger partial charge in [-0.05, 0) is 19.1 Å². The molecule has 3 heterocycles. The molecule has 0 radical (unpaired) electrons. The van der Waals surface area contributed by atoms with Crippen LogP contribution >= 0.6 is 34.5 Å². The molecule has 4 rings (SSSR count). The van der Waals surface area contributed by atoms with E-state index in [1.54, 1.807) is 40.0 Å². The van der Waals surface area contributed by atoms with E-state index in [0.29, 0.717) is 38.1 Å². The molecule has 4 aromatic rings. The second-order valence-corrected chi connectivity index (χ2v) is 7.58. The molecule has 3 aromatic heterocycles. The first kappa shape index (κ1) is 18.9. The number of aromatic nitrogens is 6. The molecule has 0 saturated heterocycles. The number of anilines is 2. The van der Waals surface area contributed by atoms with Crippen LogP contribution in [0.15, 0.2) is 36.7 Å². The molecule has 144 valence electrons. The third kappa shape index (κ3) is 3.73. The molecule has 0 aliphatic heterocycles. The van der Waals surface area contributed by atoms with Crippen molar-refractivity contribution < 1.29 is 4.39 Å². The standard InChI is InChI=1S/C17H14Cl2FN7S/c1-2-27-15(12(19)8-21-27)16-23-24-17(28-16)22-14-6-7-26(25-14)9-10-11(18)4-3-5-13(10)20/h3-8H,2,9H2,1H3,(H,22,24,25). The van der Waals surface area contributed by atoms with Gasteiger partial charge in [-0.15, -0.1) is 10.2 Å². The number of aryl methyl sites for hydroxylation is 1. The average Bonchev–Trinajstić information content (AvgIpc) is 3.39. The quantitative estimate of drug-likeness (QED) is 0.466. The molecule has 0 aliphatic rings. The summed E-state index contributed by atoms with van der Waals surface area (Å²) in [6.45, 7) is 2.87. The Balaban J connectivity index is 1.51. The van der Waals surface area contributed by atoms with Crippen LogP contribution in [0.2, 0.25) is 10.0 Å². The summed E-state index contributed by atoms with van der Waals surface area (Å²) in [5.41, 5.74) is 1.12. The lowest BCUT2D eigenvalue weighted by molar-refractivity contribution is 0.586. The van der Waals surface area contributed by atoms with Gasteiger partial charge in [0.2, 0.25) is 5.13 Å². The summed E-state index contributed by atoms with van der Waals surface area (Å²) < 4.78 is 17.3. The number of nitrogens with one attached hydrogen (secondary N) is 1. The van der Waals surface area contributed by atoms with Crippen molar-refractivity contribution in [1.82, 2.24) is 29.8 Å². The second-order valence-electron chi connectivity index (χ2n) is 5.79. The van der Waals surface area contributed by atoms with Crippen LogP contribution in [-0.4, -0.2) is 29.8 Å². The molecule has 0 fully saturated rings. The van der Waals surface area contributed by atoms with Crippen molar-refractivity contribution in [2.75, 3.05) is 5.32 Å². The molecule has 0 spiro atoms. The highest BCUT2D eigenvalue weighted by molar-refractivity contribution is 7.18. The fraction of sp³-hybridized carbons (Fsp3) is 0.176. The zero-order valence-corrected chi connectivity index (χ0v) is 16.9. The van der Waals surface area contributed by atoms with Gasteiger partial charge in [0.25, 0.3) is 0 Å². The van der Waals surface area contributed by atoms with Crippen LogP contribution in [0.5, 0.6) is 0 Å². The van der Waals surface area contributed by atoms with Crippen LogP contribution in [0.25, 0.3) is 10.7 Å². The molecule has 0 saturated carbocycles. The predicted octanol–water partition coefficient (Wildman–Crippen LogP) is 4.86. The van der Waals surface area contributed by atoms with E-state index in [1.165, 1.54) is 17.4 Å². The largest absolute Gasteiger partial charge is 0.313 e. The van der Waals surface area contributed by atoms with Gasteiger partial charge in [-0.2, -0.15) is 10.2 Å². The molecule has 28 heavy (non-hydrogen) atoms. The summed E-state index contributed by atoms with van der Waals surface area (Å²) in [6.07, 6.45) is 3.32. The van der Waals surface area contributed by atoms with Crippen LogP contribution in [-0.2, 0) is 13.1 Å². The summed E-state index contributed by atoms with van der Waals surface area (Å²) in [5, 5.41) is 22.1. The highest BCUT2D eigenvalue weighted by Crippen LogP contribution is 2.32. The molecule has 1 aromatic carbocycles. The first-order chi connectivity index (χ1) is 13.5. The van der Waals surface area contributed by atoms with E-state index in [4.69, 9.17) is 23.2 Å². The van der Waals surface area contributed by atoms with Gasteiger partial charge in [-0.1, -0.05) is 40.6 Å². The summed E-state index contributed by atoms with van der Waals surface area (Å²) in [5.74, 6) is 0.195. The Morgan fingerprint density at radius 1 is 1.18 bits per heavy atom. The lowest BCUT2D eigenvalue weighted by atomic mass is 10.2. The van der Waals surface area contributed by atoms with Crippen LogP contribution < -0.4 is 5.32 Å². The summed E-state index contributed by atoms with van der Waals surface area (Å²) >= 11 is 13.6. The maximum absolute atomic E-state index is 13.9. The zero-order valence-electron chi connectivity index (χ0n) is 14.6. The number of rotatable bonds is 6.